The molecule has 0 saturated carbocycles. The minimum absolute atomic E-state index is 0.0846. The van der Waals surface area contributed by atoms with Crippen LogP contribution in [0.2, 0.25) is 0 Å². The third kappa shape index (κ3) is 5.48. The van der Waals surface area contributed by atoms with Crippen LogP contribution in [0.5, 0.6) is 5.75 Å². The largest absolute Gasteiger partial charge is 0.497 e. The maximum atomic E-state index is 13.9. The zero-order chi connectivity index (χ0) is 25.0. The lowest BCUT2D eigenvalue weighted by atomic mass is 10.0. The summed E-state index contributed by atoms with van der Waals surface area (Å²) in [5, 5.41) is 11.4. The predicted molar refractivity (Wildman–Crippen MR) is 135 cm³/mol. The average molecular weight is 472 g/mol. The summed E-state index contributed by atoms with van der Waals surface area (Å²) >= 11 is 0. The molecule has 1 heterocycles. The first-order valence-electron chi connectivity index (χ1n) is 11.4. The highest BCUT2D eigenvalue weighted by Crippen LogP contribution is 2.31. The molecule has 3 aromatic carbocycles. The fourth-order valence-corrected chi connectivity index (χ4v) is 3.93. The van der Waals surface area contributed by atoms with Crippen LogP contribution in [-0.2, 0) is 16.1 Å². The van der Waals surface area contributed by atoms with E-state index in [-0.39, 0.29) is 18.4 Å². The van der Waals surface area contributed by atoms with Crippen LogP contribution in [0.1, 0.15) is 32.4 Å². The van der Waals surface area contributed by atoms with Crippen molar-refractivity contribution in [1.29, 1.82) is 0 Å². The molecule has 0 bridgehead atoms. The van der Waals surface area contributed by atoms with Crippen LogP contribution in [0, 0.1) is 0 Å². The predicted octanol–water partition coefficient (Wildman–Crippen LogP) is 4.13. The molecule has 8 nitrogen and oxygen atoms in total. The van der Waals surface area contributed by atoms with E-state index in [2.05, 4.69) is 15.6 Å². The van der Waals surface area contributed by atoms with Crippen LogP contribution in [0.4, 0.5) is 5.69 Å². The fraction of sp³-hybridized carbons (Fsp3) is 0.259. The molecule has 1 aromatic heterocycles. The topological polar surface area (TPSA) is 89.4 Å². The van der Waals surface area contributed by atoms with Crippen molar-refractivity contribution in [1.82, 2.24) is 20.3 Å². The molecule has 35 heavy (non-hydrogen) atoms. The SMILES string of the molecule is COc1cccc([C@@H](C(=O)NC(C)(C)C)N(C(=O)Cn2nnc3ccccc32)c2ccccc2)c1. The van der Waals surface area contributed by atoms with Crippen LogP contribution in [0.15, 0.2) is 78.9 Å². The highest BCUT2D eigenvalue weighted by Gasteiger charge is 2.35. The lowest BCUT2D eigenvalue weighted by Gasteiger charge is -2.34. The van der Waals surface area contributed by atoms with E-state index in [0.29, 0.717) is 22.5 Å². The number of aromatic nitrogens is 3. The zero-order valence-corrected chi connectivity index (χ0v) is 20.3. The van der Waals surface area contributed by atoms with Crippen molar-refractivity contribution >= 4 is 28.5 Å². The van der Waals surface area contributed by atoms with Crippen molar-refractivity contribution in [3.05, 3.63) is 84.4 Å². The standard InChI is InChI=1S/C27H29N5O3/c1-27(2,3)28-26(34)25(19-11-10-14-21(17-19)35-4)32(20-12-6-5-7-13-20)24(33)18-31-23-16-9-8-15-22(23)29-30-31/h5-17,25H,18H2,1-4H3,(H,28,34)/t25-/m0/s1. The number of carbonyl (C=O) groups is 2. The van der Waals surface area contributed by atoms with E-state index in [4.69, 9.17) is 4.74 Å². The quantitative estimate of drug-likeness (QED) is 0.438. The minimum Gasteiger partial charge on any atom is -0.497 e. The number of amides is 2. The summed E-state index contributed by atoms with van der Waals surface area (Å²) in [6.45, 7) is 5.63. The van der Waals surface area contributed by atoms with E-state index in [0.717, 1.165) is 5.52 Å². The number of hydrogen-bond acceptors (Lipinski definition) is 5. The molecule has 1 N–H and O–H groups in total. The summed E-state index contributed by atoms with van der Waals surface area (Å²) in [6, 6.07) is 22.9. The minimum atomic E-state index is -0.936. The molecule has 180 valence electrons. The van der Waals surface area contributed by atoms with Crippen molar-refractivity contribution in [2.75, 3.05) is 12.0 Å². The van der Waals surface area contributed by atoms with Crippen molar-refractivity contribution in [2.45, 2.75) is 38.9 Å². The first-order chi connectivity index (χ1) is 16.8. The Balaban J connectivity index is 1.81. The third-order valence-electron chi connectivity index (χ3n) is 5.42. The van der Waals surface area contributed by atoms with Gasteiger partial charge in [-0.1, -0.05) is 47.7 Å². The molecule has 4 rings (SSSR count). The summed E-state index contributed by atoms with van der Waals surface area (Å²) in [4.78, 5) is 29.2. The van der Waals surface area contributed by atoms with Gasteiger partial charge < -0.3 is 10.1 Å². The Kier molecular flexibility index (Phi) is 6.82. The van der Waals surface area contributed by atoms with Crippen LogP contribution in [0.25, 0.3) is 11.0 Å². The molecule has 0 aliphatic rings. The summed E-state index contributed by atoms with van der Waals surface area (Å²) in [7, 11) is 1.57. The smallest absolute Gasteiger partial charge is 0.249 e. The Morgan fingerprint density at radius 1 is 1.00 bits per heavy atom. The first kappa shape index (κ1) is 23.9. The summed E-state index contributed by atoms with van der Waals surface area (Å²) < 4.78 is 6.96. The Morgan fingerprint density at radius 2 is 1.71 bits per heavy atom. The van der Waals surface area contributed by atoms with Gasteiger partial charge in [-0.15, -0.1) is 5.10 Å². The average Bonchev–Trinajstić information content (AvgIpc) is 3.24. The molecular weight excluding hydrogens is 442 g/mol. The number of fused-ring (bicyclic) bond motifs is 1. The van der Waals surface area contributed by atoms with Crippen molar-refractivity contribution in [2.24, 2.45) is 0 Å². The summed E-state index contributed by atoms with van der Waals surface area (Å²) in [5.74, 6) is -0.00562. The van der Waals surface area contributed by atoms with Crippen LogP contribution >= 0.6 is 0 Å². The molecule has 0 radical (unpaired) electrons. The van der Waals surface area contributed by atoms with Gasteiger partial charge in [0.1, 0.15) is 23.9 Å². The number of ether oxygens (including phenoxy) is 1. The van der Waals surface area contributed by atoms with Gasteiger partial charge in [0.2, 0.25) is 11.8 Å². The van der Waals surface area contributed by atoms with Gasteiger partial charge in [0.05, 0.1) is 12.6 Å². The Bertz CT molecular complexity index is 1330. The number of nitrogens with zero attached hydrogens (tertiary/aromatic N) is 4. The van der Waals surface area contributed by atoms with Gasteiger partial charge >= 0.3 is 0 Å². The molecule has 4 aromatic rings. The second-order valence-corrected chi connectivity index (χ2v) is 9.25. The van der Waals surface area contributed by atoms with E-state index in [9.17, 15) is 9.59 Å². The Labute approximate surface area is 204 Å². The van der Waals surface area contributed by atoms with Crippen molar-refractivity contribution in [3.8, 4) is 5.75 Å². The van der Waals surface area contributed by atoms with E-state index >= 15 is 0 Å². The number of methoxy groups -OCH3 is 1. The monoisotopic (exact) mass is 471 g/mol. The highest BCUT2D eigenvalue weighted by atomic mass is 16.5. The van der Waals surface area contributed by atoms with Gasteiger partial charge in [0.25, 0.3) is 0 Å². The molecule has 0 aliphatic carbocycles. The van der Waals surface area contributed by atoms with Crippen LogP contribution < -0.4 is 15.0 Å². The number of nitrogens with one attached hydrogen (secondary N) is 1. The molecule has 0 aliphatic heterocycles. The summed E-state index contributed by atoms with van der Waals surface area (Å²) in [5.41, 5.74) is 2.17. The molecule has 2 amide bonds. The van der Waals surface area contributed by atoms with Gasteiger partial charge in [-0.25, -0.2) is 4.68 Å². The Morgan fingerprint density at radius 3 is 2.43 bits per heavy atom. The Hall–Kier alpha value is -4.20. The van der Waals surface area contributed by atoms with Crippen molar-refractivity contribution < 1.29 is 14.3 Å². The molecule has 0 fully saturated rings. The van der Waals surface area contributed by atoms with Crippen LogP contribution in [-0.4, -0.2) is 39.5 Å². The maximum Gasteiger partial charge on any atom is 0.249 e. The van der Waals surface area contributed by atoms with Gasteiger partial charge in [-0.05, 0) is 62.7 Å². The first-order valence-corrected chi connectivity index (χ1v) is 11.4. The molecule has 8 heteroatoms. The van der Waals surface area contributed by atoms with Gasteiger partial charge in [-0.3, -0.25) is 14.5 Å². The number of benzene rings is 3. The van der Waals surface area contributed by atoms with E-state index in [1.807, 2.05) is 87.5 Å². The lowest BCUT2D eigenvalue weighted by Crippen LogP contribution is -2.50. The maximum absolute atomic E-state index is 13.9. The number of para-hydroxylation sites is 2. The third-order valence-corrected chi connectivity index (χ3v) is 5.42. The molecule has 0 unspecified atom stereocenters. The molecule has 1 atom stereocenters. The van der Waals surface area contributed by atoms with Crippen molar-refractivity contribution in [3.63, 3.8) is 0 Å². The highest BCUT2D eigenvalue weighted by molar-refractivity contribution is 6.01. The lowest BCUT2D eigenvalue weighted by molar-refractivity contribution is -0.128. The van der Waals surface area contributed by atoms with Gasteiger partial charge in [0.15, 0.2) is 0 Å². The van der Waals surface area contributed by atoms with E-state index in [1.54, 1.807) is 23.9 Å². The second-order valence-electron chi connectivity index (χ2n) is 9.25. The molecule has 0 saturated heterocycles. The fourth-order valence-electron chi connectivity index (χ4n) is 3.93. The number of anilines is 1. The van der Waals surface area contributed by atoms with E-state index in [1.165, 1.54) is 4.90 Å². The summed E-state index contributed by atoms with van der Waals surface area (Å²) in [6.07, 6.45) is 0. The van der Waals surface area contributed by atoms with Crippen LogP contribution in [0.3, 0.4) is 0 Å². The normalized spacial score (nSPS) is 12.2. The number of rotatable bonds is 7. The van der Waals surface area contributed by atoms with E-state index < -0.39 is 11.6 Å². The van der Waals surface area contributed by atoms with Gasteiger partial charge in [0, 0.05) is 11.2 Å². The number of carbonyl (C=O) groups excluding carboxylic acids is 2. The zero-order valence-electron chi connectivity index (χ0n) is 20.3. The number of hydrogen-bond donors (Lipinski definition) is 1. The molecule has 0 spiro atoms. The van der Waals surface area contributed by atoms with Gasteiger partial charge in [-0.2, -0.15) is 0 Å². The second kappa shape index (κ2) is 9.97. The molecular formula is C27H29N5O3.